The normalized spacial score (nSPS) is 15.4. The van der Waals surface area contributed by atoms with Crippen LogP contribution in [-0.4, -0.2) is 40.9 Å². The predicted octanol–water partition coefficient (Wildman–Crippen LogP) is 1.93. The average Bonchev–Trinajstić information content (AvgIpc) is 2.53. The molecule has 25 heavy (non-hydrogen) atoms. The van der Waals surface area contributed by atoms with E-state index in [0.29, 0.717) is 19.3 Å². The molecule has 4 N–H and O–H groups in total. The van der Waals surface area contributed by atoms with Crippen LogP contribution in [-0.2, 0) is 14.4 Å². The van der Waals surface area contributed by atoms with Gasteiger partial charge in [0, 0.05) is 7.05 Å². The zero-order chi connectivity index (χ0) is 19.9. The van der Waals surface area contributed by atoms with E-state index >= 15 is 0 Å². The van der Waals surface area contributed by atoms with E-state index in [-0.39, 0.29) is 5.92 Å². The zero-order valence-electron chi connectivity index (χ0n) is 16.6. The van der Waals surface area contributed by atoms with Gasteiger partial charge in [0.05, 0.1) is 17.9 Å². The van der Waals surface area contributed by atoms with Crippen LogP contribution in [0.5, 0.6) is 0 Å². The Balaban J connectivity index is 5.60. The van der Waals surface area contributed by atoms with Gasteiger partial charge in [0.25, 0.3) is 0 Å². The molecule has 0 aromatic heterocycles. The Morgan fingerprint density at radius 2 is 1.64 bits per heavy atom. The molecule has 0 aliphatic heterocycles. The topological polar surface area (TPSA) is 113 Å². The number of rotatable bonds is 8. The van der Waals surface area contributed by atoms with Crippen LogP contribution < -0.4 is 11.2 Å². The number of hydrogen-bond donors (Lipinski definition) is 3. The summed E-state index contributed by atoms with van der Waals surface area (Å²) in [6, 6.07) is -0.822. The van der Waals surface area contributed by atoms with E-state index < -0.39 is 41.0 Å². The van der Waals surface area contributed by atoms with Gasteiger partial charge in [0.2, 0.25) is 17.7 Å². The van der Waals surface area contributed by atoms with E-state index in [4.69, 9.17) is 10.9 Å². The van der Waals surface area contributed by atoms with Crippen molar-refractivity contribution < 1.29 is 19.6 Å². The molecule has 0 radical (unpaired) electrons. The maximum absolute atomic E-state index is 13.0. The van der Waals surface area contributed by atoms with Crippen LogP contribution in [0.3, 0.4) is 0 Å². The Hall–Kier alpha value is -1.47. The zero-order valence-corrected chi connectivity index (χ0v) is 16.6. The Kier molecular flexibility index (Phi) is 9.29. The van der Waals surface area contributed by atoms with E-state index in [9.17, 15) is 14.4 Å². The van der Waals surface area contributed by atoms with Crippen LogP contribution in [0.15, 0.2) is 0 Å². The molecular formula is C18H35N3O4. The Bertz CT molecular complexity index is 471. The average molecular weight is 357 g/mol. The van der Waals surface area contributed by atoms with Crippen LogP contribution in [0.2, 0.25) is 0 Å². The molecule has 0 aliphatic rings. The summed E-state index contributed by atoms with van der Waals surface area (Å²) >= 11 is 0. The van der Waals surface area contributed by atoms with Gasteiger partial charge in [-0.3, -0.25) is 24.5 Å². The van der Waals surface area contributed by atoms with Gasteiger partial charge in [-0.25, -0.2) is 5.48 Å². The number of imide groups is 1. The van der Waals surface area contributed by atoms with Gasteiger partial charge in [-0.15, -0.1) is 0 Å². The molecule has 0 heterocycles. The fraction of sp³-hybridized carbons (Fsp3) is 0.833. The summed E-state index contributed by atoms with van der Waals surface area (Å²) in [4.78, 5) is 38.7. The molecule has 1 unspecified atom stereocenters. The standard InChI is InChI=1S/C18H35N3O4/c1-8-9-12(15(22)20-25)13(10-11(2)3)16(23)21(7)17(24)14(19)18(4,5)6/h11-14,25H,8-10,19H2,1-7H3,(H,20,22)/t12?,13-,14-/m1/s1. The lowest BCUT2D eigenvalue weighted by molar-refractivity contribution is -0.152. The summed E-state index contributed by atoms with van der Waals surface area (Å²) in [6.45, 7) is 11.3. The molecule has 0 aliphatic carbocycles. The maximum Gasteiger partial charge on any atom is 0.247 e. The molecule has 7 nitrogen and oxygen atoms in total. The molecule has 0 fully saturated rings. The van der Waals surface area contributed by atoms with E-state index in [1.807, 2.05) is 41.5 Å². The lowest BCUT2D eigenvalue weighted by Crippen LogP contribution is -2.53. The lowest BCUT2D eigenvalue weighted by atomic mass is 9.80. The number of carbonyl (C=O) groups excluding carboxylic acids is 3. The molecular weight excluding hydrogens is 322 g/mol. The minimum absolute atomic E-state index is 0.152. The number of nitrogens with two attached hydrogens (primary N) is 1. The second kappa shape index (κ2) is 9.87. The number of hydrogen-bond acceptors (Lipinski definition) is 5. The molecule has 3 amide bonds. The van der Waals surface area contributed by atoms with Gasteiger partial charge in [-0.2, -0.15) is 0 Å². The third-order valence-electron chi connectivity index (χ3n) is 4.44. The highest BCUT2D eigenvalue weighted by Gasteiger charge is 2.39. The van der Waals surface area contributed by atoms with Crippen molar-refractivity contribution in [3.05, 3.63) is 0 Å². The molecule has 0 rings (SSSR count). The summed E-state index contributed by atoms with van der Waals surface area (Å²) in [5.74, 6) is -2.72. The summed E-state index contributed by atoms with van der Waals surface area (Å²) in [5.41, 5.74) is 7.17. The first kappa shape index (κ1) is 23.5. The van der Waals surface area contributed by atoms with Crippen LogP contribution in [0, 0.1) is 23.2 Å². The lowest BCUT2D eigenvalue weighted by Gasteiger charge is -2.33. The molecule has 0 saturated heterocycles. The molecule has 0 bridgehead atoms. The van der Waals surface area contributed by atoms with Crippen molar-refractivity contribution in [3.8, 4) is 0 Å². The highest BCUT2D eigenvalue weighted by atomic mass is 16.5. The number of hydroxylamine groups is 1. The Labute approximate surface area is 151 Å². The number of amides is 3. The first-order valence-electron chi connectivity index (χ1n) is 8.89. The SMILES string of the molecule is CCCC(C(=O)NO)[C@@H](CC(C)C)C(=O)N(C)C(=O)[C@@H](N)C(C)(C)C. The third kappa shape index (κ3) is 6.74. The van der Waals surface area contributed by atoms with Crippen molar-refractivity contribution in [2.24, 2.45) is 28.9 Å². The molecule has 146 valence electrons. The predicted molar refractivity (Wildman–Crippen MR) is 96.5 cm³/mol. The second-order valence-electron chi connectivity index (χ2n) is 8.19. The molecule has 7 heteroatoms. The highest BCUT2D eigenvalue weighted by molar-refractivity contribution is 6.00. The largest absolute Gasteiger partial charge is 0.319 e. The van der Waals surface area contributed by atoms with Crippen LogP contribution in [0.1, 0.15) is 60.8 Å². The van der Waals surface area contributed by atoms with Gasteiger partial charge >= 0.3 is 0 Å². The highest BCUT2D eigenvalue weighted by Crippen LogP contribution is 2.28. The van der Waals surface area contributed by atoms with Gasteiger partial charge in [-0.1, -0.05) is 48.0 Å². The van der Waals surface area contributed by atoms with Crippen molar-refractivity contribution in [1.29, 1.82) is 0 Å². The van der Waals surface area contributed by atoms with Gasteiger partial charge in [0.1, 0.15) is 0 Å². The van der Waals surface area contributed by atoms with E-state index in [2.05, 4.69) is 0 Å². The van der Waals surface area contributed by atoms with E-state index in [1.54, 1.807) is 5.48 Å². The summed E-state index contributed by atoms with van der Waals surface area (Å²) in [7, 11) is 1.41. The van der Waals surface area contributed by atoms with Gasteiger partial charge in [-0.05, 0) is 24.2 Å². The molecule has 3 atom stereocenters. The van der Waals surface area contributed by atoms with Gasteiger partial charge in [0.15, 0.2) is 0 Å². The summed E-state index contributed by atoms with van der Waals surface area (Å²) in [6.07, 6.45) is 1.57. The fourth-order valence-corrected chi connectivity index (χ4v) is 2.79. The Morgan fingerprint density at radius 1 is 1.12 bits per heavy atom. The number of nitrogens with zero attached hydrogens (tertiary/aromatic N) is 1. The number of carbonyl (C=O) groups is 3. The molecule has 0 aromatic carbocycles. The van der Waals surface area contributed by atoms with Crippen molar-refractivity contribution in [2.45, 2.75) is 66.8 Å². The molecule has 0 saturated carbocycles. The Morgan fingerprint density at radius 3 is 2.00 bits per heavy atom. The first-order chi connectivity index (χ1) is 11.4. The van der Waals surface area contributed by atoms with Crippen LogP contribution in [0.4, 0.5) is 0 Å². The summed E-state index contributed by atoms with van der Waals surface area (Å²) < 4.78 is 0. The van der Waals surface area contributed by atoms with Crippen molar-refractivity contribution in [2.75, 3.05) is 7.05 Å². The quantitative estimate of drug-likeness (QED) is 0.454. The number of nitrogens with one attached hydrogen (secondary N) is 1. The van der Waals surface area contributed by atoms with Crippen molar-refractivity contribution in [3.63, 3.8) is 0 Å². The minimum atomic E-state index is -0.822. The third-order valence-corrected chi connectivity index (χ3v) is 4.44. The fourth-order valence-electron chi connectivity index (χ4n) is 2.79. The van der Waals surface area contributed by atoms with Crippen LogP contribution >= 0.6 is 0 Å². The smallest absolute Gasteiger partial charge is 0.247 e. The van der Waals surface area contributed by atoms with Crippen molar-refractivity contribution >= 4 is 17.7 Å². The van der Waals surface area contributed by atoms with E-state index in [1.165, 1.54) is 7.05 Å². The van der Waals surface area contributed by atoms with Crippen LogP contribution in [0.25, 0.3) is 0 Å². The molecule has 0 aromatic rings. The summed E-state index contributed by atoms with van der Waals surface area (Å²) in [5, 5.41) is 9.03. The van der Waals surface area contributed by atoms with Crippen molar-refractivity contribution in [1.82, 2.24) is 10.4 Å². The maximum atomic E-state index is 13.0. The number of likely N-dealkylation sites (N-methyl/N-ethyl adjacent to an activating group) is 1. The van der Waals surface area contributed by atoms with Gasteiger partial charge < -0.3 is 5.73 Å². The minimum Gasteiger partial charge on any atom is -0.319 e. The first-order valence-corrected chi connectivity index (χ1v) is 8.89. The van der Waals surface area contributed by atoms with E-state index in [0.717, 1.165) is 4.90 Å². The molecule has 0 spiro atoms. The second-order valence-corrected chi connectivity index (χ2v) is 8.19. The monoisotopic (exact) mass is 357 g/mol.